The van der Waals surface area contributed by atoms with Gasteiger partial charge < -0.3 is 4.74 Å². The Bertz CT molecular complexity index is 484. The summed E-state index contributed by atoms with van der Waals surface area (Å²) in [4.78, 5) is 0. The van der Waals surface area contributed by atoms with E-state index in [-0.39, 0.29) is 0 Å². The number of hydrogen-bond acceptors (Lipinski definition) is 1. The van der Waals surface area contributed by atoms with E-state index in [1.807, 2.05) is 12.1 Å². The van der Waals surface area contributed by atoms with Crippen LogP contribution in [-0.2, 0) is 0 Å². The van der Waals surface area contributed by atoms with E-state index in [1.165, 1.54) is 18.2 Å². The number of methoxy groups -OCH3 is 1. The van der Waals surface area contributed by atoms with Crippen molar-refractivity contribution in [3.63, 3.8) is 0 Å². The summed E-state index contributed by atoms with van der Waals surface area (Å²) in [5, 5.41) is 0. The van der Waals surface area contributed by atoms with Gasteiger partial charge in [-0.3, -0.25) is 0 Å². The third-order valence-electron chi connectivity index (χ3n) is 2.80. The predicted octanol–water partition coefficient (Wildman–Crippen LogP) is 4.09. The molecule has 0 N–H and O–H groups in total. The molecule has 1 aliphatic carbocycles. The Morgan fingerprint density at radius 3 is 2.50 bits per heavy atom. The molecule has 94 valence electrons. The standard InChI is InChI=1S/C15H14F2O/c1-18-14-9-6-12(7-10-14)5-8-13-4-2-3-11-15(13,16)17/h2-11,13H,1H3. The fourth-order valence-electron chi connectivity index (χ4n) is 1.73. The molecule has 0 aromatic heterocycles. The highest BCUT2D eigenvalue weighted by Crippen LogP contribution is 2.31. The molecule has 1 aromatic rings. The summed E-state index contributed by atoms with van der Waals surface area (Å²) in [7, 11) is 1.59. The van der Waals surface area contributed by atoms with Gasteiger partial charge in [0.15, 0.2) is 0 Å². The summed E-state index contributed by atoms with van der Waals surface area (Å²) in [5.41, 5.74) is 0.870. The molecule has 18 heavy (non-hydrogen) atoms. The second-order valence-corrected chi connectivity index (χ2v) is 4.08. The Labute approximate surface area is 105 Å². The molecule has 1 atom stereocenters. The molecule has 1 nitrogen and oxygen atoms in total. The first-order chi connectivity index (χ1) is 8.62. The number of alkyl halides is 2. The molecule has 0 saturated heterocycles. The second-order valence-electron chi connectivity index (χ2n) is 4.08. The fourth-order valence-corrected chi connectivity index (χ4v) is 1.73. The molecule has 0 spiro atoms. The molecule has 0 amide bonds. The molecule has 3 heteroatoms. The minimum Gasteiger partial charge on any atom is -0.497 e. The molecule has 0 bridgehead atoms. The minimum absolute atomic E-state index is 0.748. The van der Waals surface area contributed by atoms with Gasteiger partial charge >= 0.3 is 0 Å². The number of rotatable bonds is 3. The van der Waals surface area contributed by atoms with Crippen molar-refractivity contribution in [3.05, 3.63) is 60.2 Å². The number of halogens is 2. The Hall–Kier alpha value is -1.90. The summed E-state index contributed by atoms with van der Waals surface area (Å²) < 4.78 is 32.0. The Balaban J connectivity index is 2.10. The number of allylic oxidation sites excluding steroid dienone is 5. The van der Waals surface area contributed by atoms with Gasteiger partial charge in [0.25, 0.3) is 5.92 Å². The molecule has 0 fully saturated rings. The van der Waals surface area contributed by atoms with Crippen molar-refractivity contribution in [3.8, 4) is 5.75 Å². The smallest absolute Gasteiger partial charge is 0.276 e. The van der Waals surface area contributed by atoms with E-state index >= 15 is 0 Å². The van der Waals surface area contributed by atoms with Crippen molar-refractivity contribution in [2.24, 2.45) is 5.92 Å². The van der Waals surface area contributed by atoms with Crippen LogP contribution in [0.2, 0.25) is 0 Å². The largest absolute Gasteiger partial charge is 0.497 e. The van der Waals surface area contributed by atoms with Gasteiger partial charge in [0.1, 0.15) is 5.75 Å². The van der Waals surface area contributed by atoms with Crippen molar-refractivity contribution < 1.29 is 13.5 Å². The van der Waals surface area contributed by atoms with E-state index in [9.17, 15) is 8.78 Å². The van der Waals surface area contributed by atoms with E-state index in [0.717, 1.165) is 17.4 Å². The summed E-state index contributed by atoms with van der Waals surface area (Å²) >= 11 is 0. The Morgan fingerprint density at radius 2 is 1.89 bits per heavy atom. The molecular formula is C15H14F2O. The number of benzene rings is 1. The quantitative estimate of drug-likeness (QED) is 0.783. The van der Waals surface area contributed by atoms with Gasteiger partial charge in [-0.1, -0.05) is 42.5 Å². The van der Waals surface area contributed by atoms with Crippen molar-refractivity contribution in [1.82, 2.24) is 0 Å². The van der Waals surface area contributed by atoms with Gasteiger partial charge in [-0.25, -0.2) is 8.78 Å². The van der Waals surface area contributed by atoms with Crippen molar-refractivity contribution in [2.75, 3.05) is 7.11 Å². The van der Waals surface area contributed by atoms with Gasteiger partial charge in [-0.05, 0) is 23.8 Å². The zero-order valence-corrected chi connectivity index (χ0v) is 10.0. The van der Waals surface area contributed by atoms with Crippen LogP contribution < -0.4 is 4.74 Å². The second kappa shape index (κ2) is 5.17. The SMILES string of the molecule is COc1ccc(C=CC2C=CC=CC2(F)F)cc1. The Morgan fingerprint density at radius 1 is 1.17 bits per heavy atom. The highest BCUT2D eigenvalue weighted by Gasteiger charge is 2.34. The lowest BCUT2D eigenvalue weighted by atomic mass is 9.95. The third kappa shape index (κ3) is 2.86. The van der Waals surface area contributed by atoms with Crippen molar-refractivity contribution >= 4 is 6.08 Å². The maximum atomic E-state index is 13.5. The van der Waals surface area contributed by atoms with Gasteiger partial charge in [-0.2, -0.15) is 0 Å². The number of ether oxygens (including phenoxy) is 1. The minimum atomic E-state index is -2.81. The zero-order valence-electron chi connectivity index (χ0n) is 10.0. The maximum absolute atomic E-state index is 13.5. The monoisotopic (exact) mass is 248 g/mol. The van der Waals surface area contributed by atoms with E-state index in [1.54, 1.807) is 31.4 Å². The van der Waals surface area contributed by atoms with Gasteiger partial charge in [0.2, 0.25) is 0 Å². The molecule has 1 aromatic carbocycles. The topological polar surface area (TPSA) is 9.23 Å². The van der Waals surface area contributed by atoms with Crippen LogP contribution in [0.15, 0.2) is 54.6 Å². The summed E-state index contributed by atoms with van der Waals surface area (Å²) in [5.74, 6) is -2.94. The maximum Gasteiger partial charge on any atom is 0.276 e. The van der Waals surface area contributed by atoms with Crippen LogP contribution in [0.25, 0.3) is 6.08 Å². The molecule has 1 unspecified atom stereocenters. The lowest BCUT2D eigenvalue weighted by molar-refractivity contribution is 0.0271. The van der Waals surface area contributed by atoms with Crippen molar-refractivity contribution in [2.45, 2.75) is 5.92 Å². The first kappa shape index (κ1) is 12.6. The van der Waals surface area contributed by atoms with Crippen LogP contribution >= 0.6 is 0 Å². The first-order valence-electron chi connectivity index (χ1n) is 5.68. The van der Waals surface area contributed by atoms with Gasteiger partial charge in [0, 0.05) is 0 Å². The zero-order chi connectivity index (χ0) is 13.0. The molecule has 1 aliphatic rings. The van der Waals surface area contributed by atoms with E-state index in [0.29, 0.717) is 0 Å². The average Bonchev–Trinajstić information content (AvgIpc) is 2.38. The number of hydrogen-bond donors (Lipinski definition) is 0. The van der Waals surface area contributed by atoms with Crippen LogP contribution in [0.5, 0.6) is 5.75 Å². The van der Waals surface area contributed by atoms with Crippen LogP contribution in [0.4, 0.5) is 8.78 Å². The molecule has 0 heterocycles. The van der Waals surface area contributed by atoms with Crippen LogP contribution in [-0.4, -0.2) is 13.0 Å². The Kier molecular flexibility index (Phi) is 3.60. The van der Waals surface area contributed by atoms with Gasteiger partial charge in [0.05, 0.1) is 13.0 Å². The third-order valence-corrected chi connectivity index (χ3v) is 2.80. The molecule has 2 rings (SSSR count). The van der Waals surface area contributed by atoms with E-state index in [4.69, 9.17) is 4.74 Å². The van der Waals surface area contributed by atoms with Crippen molar-refractivity contribution in [1.29, 1.82) is 0 Å². The summed E-state index contributed by atoms with van der Waals surface area (Å²) in [6.07, 6.45) is 8.65. The fraction of sp³-hybridized carbons (Fsp3) is 0.200. The van der Waals surface area contributed by atoms with Crippen LogP contribution in [0, 0.1) is 5.92 Å². The predicted molar refractivity (Wildman–Crippen MR) is 68.7 cm³/mol. The molecule has 0 aliphatic heterocycles. The van der Waals surface area contributed by atoms with E-state index < -0.39 is 11.8 Å². The highest BCUT2D eigenvalue weighted by atomic mass is 19.3. The highest BCUT2D eigenvalue weighted by molar-refractivity contribution is 5.51. The molecule has 0 saturated carbocycles. The summed E-state index contributed by atoms with van der Waals surface area (Å²) in [6, 6.07) is 7.26. The molecular weight excluding hydrogens is 234 g/mol. The first-order valence-corrected chi connectivity index (χ1v) is 5.68. The van der Waals surface area contributed by atoms with E-state index in [2.05, 4.69) is 0 Å². The van der Waals surface area contributed by atoms with Crippen LogP contribution in [0.3, 0.4) is 0 Å². The molecule has 0 radical (unpaired) electrons. The lowest BCUT2D eigenvalue weighted by Gasteiger charge is -2.20. The lowest BCUT2D eigenvalue weighted by Crippen LogP contribution is -2.23. The average molecular weight is 248 g/mol. The summed E-state index contributed by atoms with van der Waals surface area (Å²) in [6.45, 7) is 0. The normalized spacial score (nSPS) is 21.4. The van der Waals surface area contributed by atoms with Crippen LogP contribution in [0.1, 0.15) is 5.56 Å². The van der Waals surface area contributed by atoms with Gasteiger partial charge in [-0.15, -0.1) is 0 Å².